The molecule has 0 unspecified atom stereocenters. The van der Waals surface area contributed by atoms with Crippen molar-refractivity contribution in [3.8, 4) is 11.5 Å². The molecule has 8 heteroatoms. The molecule has 2 rings (SSSR count). The molecule has 0 spiro atoms. The maximum atomic E-state index is 12.0. The van der Waals surface area contributed by atoms with Crippen LogP contribution in [0.5, 0.6) is 11.5 Å². The van der Waals surface area contributed by atoms with Crippen LogP contribution in [-0.2, 0) is 16.6 Å². The lowest BCUT2D eigenvalue weighted by Crippen LogP contribution is -2.36. The molecular formula is C17H22N4O4. The number of nitrogens with one attached hydrogen (secondary N) is 2. The number of anilines is 1. The zero-order valence-corrected chi connectivity index (χ0v) is 14.8. The molecule has 1 aromatic heterocycles. The highest BCUT2D eigenvalue weighted by Crippen LogP contribution is 2.25. The Hall–Kier alpha value is -3.03. The number of nitrogens with zero attached hydrogens (tertiary/aromatic N) is 2. The van der Waals surface area contributed by atoms with Crippen LogP contribution in [0.4, 0.5) is 5.69 Å². The summed E-state index contributed by atoms with van der Waals surface area (Å²) in [5, 5.41) is 9.48. The smallest absolute Gasteiger partial charge is 0.258 e. The minimum absolute atomic E-state index is 0.151. The van der Waals surface area contributed by atoms with Gasteiger partial charge in [-0.1, -0.05) is 12.1 Å². The van der Waals surface area contributed by atoms with E-state index in [1.165, 1.54) is 7.11 Å². The topological polar surface area (TPSA) is 94.5 Å². The summed E-state index contributed by atoms with van der Waals surface area (Å²) >= 11 is 0. The number of rotatable bonds is 7. The van der Waals surface area contributed by atoms with Crippen LogP contribution in [0, 0.1) is 13.8 Å². The quantitative estimate of drug-likeness (QED) is 0.785. The summed E-state index contributed by atoms with van der Waals surface area (Å²) in [5.41, 5.74) is 2.22. The van der Waals surface area contributed by atoms with Crippen molar-refractivity contribution in [2.75, 3.05) is 25.6 Å². The first-order chi connectivity index (χ1) is 11.9. The summed E-state index contributed by atoms with van der Waals surface area (Å²) in [7, 11) is 3.32. The van der Waals surface area contributed by atoms with Crippen molar-refractivity contribution in [2.24, 2.45) is 7.05 Å². The molecule has 0 aliphatic carbocycles. The van der Waals surface area contributed by atoms with Gasteiger partial charge in [0.05, 0.1) is 30.7 Å². The lowest BCUT2D eigenvalue weighted by molar-refractivity contribution is -0.125. The zero-order valence-electron chi connectivity index (χ0n) is 14.8. The highest BCUT2D eigenvalue weighted by atomic mass is 16.5. The second kappa shape index (κ2) is 8.18. The number of amides is 2. The van der Waals surface area contributed by atoms with Gasteiger partial charge in [-0.25, -0.2) is 0 Å². The summed E-state index contributed by atoms with van der Waals surface area (Å²) in [6.45, 7) is 3.30. The standard InChI is InChI=1S/C17H22N4O4/c1-11-17(12(2)21(3)20-11)19-15(22)9-18-16(23)10-25-14-8-6-5-7-13(14)24-4/h5-8H,9-10H2,1-4H3,(H,18,23)(H,19,22). The number of para-hydroxylation sites is 2. The van der Waals surface area contributed by atoms with Crippen LogP contribution >= 0.6 is 0 Å². The van der Waals surface area contributed by atoms with E-state index in [0.717, 1.165) is 11.4 Å². The Kier molecular flexibility index (Phi) is 5.99. The molecule has 0 fully saturated rings. The molecule has 0 atom stereocenters. The largest absolute Gasteiger partial charge is 0.493 e. The molecule has 0 saturated carbocycles. The fourth-order valence-corrected chi connectivity index (χ4v) is 2.25. The van der Waals surface area contributed by atoms with E-state index in [1.807, 2.05) is 13.8 Å². The third-order valence-electron chi connectivity index (χ3n) is 3.65. The van der Waals surface area contributed by atoms with Gasteiger partial charge in [-0.05, 0) is 26.0 Å². The number of methoxy groups -OCH3 is 1. The molecule has 2 N–H and O–H groups in total. The van der Waals surface area contributed by atoms with Gasteiger partial charge in [-0.3, -0.25) is 14.3 Å². The zero-order chi connectivity index (χ0) is 18.4. The fraction of sp³-hybridized carbons (Fsp3) is 0.353. The molecule has 2 aromatic rings. The lowest BCUT2D eigenvalue weighted by atomic mass is 10.3. The van der Waals surface area contributed by atoms with E-state index in [9.17, 15) is 9.59 Å². The molecule has 8 nitrogen and oxygen atoms in total. The molecule has 2 amide bonds. The van der Waals surface area contributed by atoms with Crippen LogP contribution < -0.4 is 20.1 Å². The maximum Gasteiger partial charge on any atom is 0.258 e. The number of carbonyl (C=O) groups excluding carboxylic acids is 2. The molecular weight excluding hydrogens is 324 g/mol. The number of ether oxygens (including phenoxy) is 2. The van der Waals surface area contributed by atoms with Gasteiger partial charge in [-0.15, -0.1) is 0 Å². The van der Waals surface area contributed by atoms with Gasteiger partial charge >= 0.3 is 0 Å². The second-order valence-electron chi connectivity index (χ2n) is 5.43. The van der Waals surface area contributed by atoms with Gasteiger partial charge < -0.3 is 20.1 Å². The average molecular weight is 346 g/mol. The Balaban J connectivity index is 1.80. The number of aryl methyl sites for hydroxylation is 2. The van der Waals surface area contributed by atoms with Gasteiger partial charge in [0.1, 0.15) is 0 Å². The maximum absolute atomic E-state index is 12.0. The summed E-state index contributed by atoms with van der Waals surface area (Å²) in [6.07, 6.45) is 0. The molecule has 25 heavy (non-hydrogen) atoms. The van der Waals surface area contributed by atoms with Crippen molar-refractivity contribution < 1.29 is 19.1 Å². The van der Waals surface area contributed by atoms with Gasteiger partial charge in [0, 0.05) is 7.05 Å². The SMILES string of the molecule is COc1ccccc1OCC(=O)NCC(=O)Nc1c(C)nn(C)c1C. The van der Waals surface area contributed by atoms with Crippen molar-refractivity contribution in [3.05, 3.63) is 35.7 Å². The third-order valence-corrected chi connectivity index (χ3v) is 3.65. The van der Waals surface area contributed by atoms with Gasteiger partial charge in [-0.2, -0.15) is 5.10 Å². The second-order valence-corrected chi connectivity index (χ2v) is 5.43. The molecule has 0 saturated heterocycles. The van der Waals surface area contributed by atoms with Gasteiger partial charge in [0.2, 0.25) is 5.91 Å². The number of hydrogen-bond acceptors (Lipinski definition) is 5. The summed E-state index contributed by atoms with van der Waals surface area (Å²) in [6, 6.07) is 7.02. The normalized spacial score (nSPS) is 10.2. The van der Waals surface area contributed by atoms with Crippen LogP contribution in [0.15, 0.2) is 24.3 Å². The predicted molar refractivity (Wildman–Crippen MR) is 92.8 cm³/mol. The van der Waals surface area contributed by atoms with E-state index in [2.05, 4.69) is 15.7 Å². The van der Waals surface area contributed by atoms with Gasteiger partial charge in [0.15, 0.2) is 18.1 Å². The minimum atomic E-state index is -0.402. The summed E-state index contributed by atoms with van der Waals surface area (Å²) < 4.78 is 12.2. The Morgan fingerprint density at radius 3 is 2.44 bits per heavy atom. The van der Waals surface area contributed by atoms with Crippen LogP contribution in [-0.4, -0.2) is 41.9 Å². The third kappa shape index (κ3) is 4.72. The first-order valence-corrected chi connectivity index (χ1v) is 7.75. The summed E-state index contributed by atoms with van der Waals surface area (Å²) in [4.78, 5) is 23.8. The number of benzene rings is 1. The number of aromatic nitrogens is 2. The van der Waals surface area contributed by atoms with Crippen molar-refractivity contribution in [1.29, 1.82) is 0 Å². The Labute approximate surface area is 146 Å². The van der Waals surface area contributed by atoms with Crippen LogP contribution in [0.3, 0.4) is 0 Å². The lowest BCUT2D eigenvalue weighted by Gasteiger charge is -2.10. The van der Waals surface area contributed by atoms with Crippen LogP contribution in [0.2, 0.25) is 0 Å². The van der Waals surface area contributed by atoms with E-state index in [4.69, 9.17) is 9.47 Å². The van der Waals surface area contributed by atoms with E-state index >= 15 is 0 Å². The first kappa shape index (κ1) is 18.3. The fourth-order valence-electron chi connectivity index (χ4n) is 2.25. The molecule has 0 aliphatic rings. The molecule has 134 valence electrons. The first-order valence-electron chi connectivity index (χ1n) is 7.75. The monoisotopic (exact) mass is 346 g/mol. The van der Waals surface area contributed by atoms with Crippen LogP contribution in [0.1, 0.15) is 11.4 Å². The molecule has 0 radical (unpaired) electrons. The highest BCUT2D eigenvalue weighted by molar-refractivity contribution is 5.95. The Bertz CT molecular complexity index is 770. The van der Waals surface area contributed by atoms with Crippen molar-refractivity contribution >= 4 is 17.5 Å². The predicted octanol–water partition coefficient (Wildman–Crippen LogP) is 1.18. The Morgan fingerprint density at radius 2 is 1.84 bits per heavy atom. The molecule has 1 heterocycles. The van der Waals surface area contributed by atoms with E-state index in [-0.39, 0.29) is 19.1 Å². The number of carbonyl (C=O) groups is 2. The van der Waals surface area contributed by atoms with Gasteiger partial charge in [0.25, 0.3) is 5.91 Å². The highest BCUT2D eigenvalue weighted by Gasteiger charge is 2.13. The van der Waals surface area contributed by atoms with Crippen molar-refractivity contribution in [3.63, 3.8) is 0 Å². The molecule has 1 aromatic carbocycles. The van der Waals surface area contributed by atoms with Crippen LogP contribution in [0.25, 0.3) is 0 Å². The number of hydrogen-bond donors (Lipinski definition) is 2. The molecule has 0 aliphatic heterocycles. The minimum Gasteiger partial charge on any atom is -0.493 e. The van der Waals surface area contributed by atoms with Crippen molar-refractivity contribution in [1.82, 2.24) is 15.1 Å². The van der Waals surface area contributed by atoms with E-state index in [1.54, 1.807) is 36.0 Å². The van der Waals surface area contributed by atoms with E-state index in [0.29, 0.717) is 17.2 Å². The van der Waals surface area contributed by atoms with Crippen molar-refractivity contribution in [2.45, 2.75) is 13.8 Å². The molecule has 0 bridgehead atoms. The van der Waals surface area contributed by atoms with E-state index < -0.39 is 5.91 Å². The average Bonchev–Trinajstić information content (AvgIpc) is 2.84. The Morgan fingerprint density at radius 1 is 1.16 bits per heavy atom. The summed E-state index contributed by atoms with van der Waals surface area (Å²) in [5.74, 6) is 0.271.